The van der Waals surface area contributed by atoms with Crippen molar-refractivity contribution >= 4 is 21.6 Å². The van der Waals surface area contributed by atoms with Crippen molar-refractivity contribution in [3.63, 3.8) is 0 Å². The first kappa shape index (κ1) is 14.2. The van der Waals surface area contributed by atoms with Crippen LogP contribution in [-0.4, -0.2) is 38.8 Å². The standard InChI is InChI=1S/C16H20N2O3S/c1-17-15-6-5-14(7-13(15)8-16(17)19)22(20,21)18-9-11-3-2-4-12(11)10-18/h5-7,11-12H,2-4,8-10H2,1H3. The van der Waals surface area contributed by atoms with Crippen LogP contribution in [-0.2, 0) is 21.2 Å². The number of carbonyl (C=O) groups is 1. The van der Waals surface area contributed by atoms with E-state index in [1.165, 1.54) is 6.42 Å². The average Bonchev–Trinajstić information content (AvgIpc) is 3.13. The van der Waals surface area contributed by atoms with Crippen molar-refractivity contribution in [2.45, 2.75) is 30.6 Å². The van der Waals surface area contributed by atoms with Crippen LogP contribution in [0, 0.1) is 11.8 Å². The lowest BCUT2D eigenvalue weighted by Gasteiger charge is -2.18. The number of hydrogen-bond donors (Lipinski definition) is 0. The van der Waals surface area contributed by atoms with Gasteiger partial charge in [0.05, 0.1) is 11.3 Å². The second kappa shape index (κ2) is 4.80. The Morgan fingerprint density at radius 2 is 1.82 bits per heavy atom. The van der Waals surface area contributed by atoms with Crippen molar-refractivity contribution in [3.05, 3.63) is 23.8 Å². The van der Waals surface area contributed by atoms with Crippen molar-refractivity contribution in [1.29, 1.82) is 0 Å². The molecule has 1 aliphatic carbocycles. The molecule has 4 rings (SSSR count). The molecule has 0 N–H and O–H groups in total. The van der Waals surface area contributed by atoms with Gasteiger partial charge >= 0.3 is 0 Å². The van der Waals surface area contributed by atoms with Crippen LogP contribution in [0.4, 0.5) is 5.69 Å². The normalized spacial score (nSPS) is 28.2. The number of sulfonamides is 1. The van der Waals surface area contributed by atoms with Gasteiger partial charge in [0.2, 0.25) is 15.9 Å². The summed E-state index contributed by atoms with van der Waals surface area (Å²) in [4.78, 5) is 13.7. The third-order valence-electron chi connectivity index (χ3n) is 5.46. The number of hydrogen-bond acceptors (Lipinski definition) is 3. The molecule has 118 valence electrons. The largest absolute Gasteiger partial charge is 0.315 e. The quantitative estimate of drug-likeness (QED) is 0.832. The van der Waals surface area contributed by atoms with Gasteiger partial charge in [-0.05, 0) is 48.4 Å². The number of rotatable bonds is 2. The van der Waals surface area contributed by atoms with E-state index in [-0.39, 0.29) is 5.91 Å². The third kappa shape index (κ3) is 2.01. The second-order valence-electron chi connectivity index (χ2n) is 6.69. The smallest absolute Gasteiger partial charge is 0.243 e. The molecule has 0 aromatic heterocycles. The predicted molar refractivity (Wildman–Crippen MR) is 83.1 cm³/mol. The number of benzene rings is 1. The molecular weight excluding hydrogens is 300 g/mol. The molecule has 0 spiro atoms. The molecule has 0 bridgehead atoms. The topological polar surface area (TPSA) is 57.7 Å². The van der Waals surface area contributed by atoms with Crippen molar-refractivity contribution < 1.29 is 13.2 Å². The molecule has 22 heavy (non-hydrogen) atoms. The summed E-state index contributed by atoms with van der Waals surface area (Å²) in [6, 6.07) is 5.07. The van der Waals surface area contributed by atoms with Crippen LogP contribution in [0.3, 0.4) is 0 Å². The highest BCUT2D eigenvalue weighted by Gasteiger charge is 2.41. The predicted octanol–water partition coefficient (Wildman–Crippen LogP) is 1.63. The van der Waals surface area contributed by atoms with Crippen LogP contribution in [0.2, 0.25) is 0 Å². The fraction of sp³-hybridized carbons (Fsp3) is 0.562. The number of carbonyl (C=O) groups excluding carboxylic acids is 1. The van der Waals surface area contributed by atoms with E-state index in [2.05, 4.69) is 0 Å². The molecule has 2 fully saturated rings. The lowest BCUT2D eigenvalue weighted by molar-refractivity contribution is -0.117. The Morgan fingerprint density at radius 3 is 2.50 bits per heavy atom. The van der Waals surface area contributed by atoms with Crippen molar-refractivity contribution in [2.24, 2.45) is 11.8 Å². The van der Waals surface area contributed by atoms with Crippen LogP contribution in [0.5, 0.6) is 0 Å². The monoisotopic (exact) mass is 320 g/mol. The van der Waals surface area contributed by atoms with E-state index < -0.39 is 10.0 Å². The van der Waals surface area contributed by atoms with Crippen LogP contribution >= 0.6 is 0 Å². The first-order valence-electron chi connectivity index (χ1n) is 7.86. The molecule has 1 saturated heterocycles. The maximum Gasteiger partial charge on any atom is 0.243 e. The second-order valence-corrected chi connectivity index (χ2v) is 8.63. The third-order valence-corrected chi connectivity index (χ3v) is 7.29. The SMILES string of the molecule is CN1C(=O)Cc2cc(S(=O)(=O)N3CC4CCCC4C3)ccc21. The Kier molecular flexibility index (Phi) is 3.10. The van der Waals surface area contributed by atoms with Gasteiger partial charge in [-0.3, -0.25) is 4.79 Å². The summed E-state index contributed by atoms with van der Waals surface area (Å²) in [5.74, 6) is 1.09. The van der Waals surface area contributed by atoms with E-state index in [0.29, 0.717) is 36.2 Å². The number of nitrogens with zero attached hydrogens (tertiary/aromatic N) is 2. The van der Waals surface area contributed by atoms with Crippen LogP contribution in [0.25, 0.3) is 0 Å². The molecule has 1 amide bonds. The molecule has 0 radical (unpaired) electrons. The zero-order chi connectivity index (χ0) is 15.5. The number of fused-ring (bicyclic) bond motifs is 2. The van der Waals surface area contributed by atoms with Crippen LogP contribution in [0.15, 0.2) is 23.1 Å². The van der Waals surface area contributed by atoms with E-state index in [1.54, 1.807) is 34.5 Å². The van der Waals surface area contributed by atoms with Crippen LogP contribution in [0.1, 0.15) is 24.8 Å². The highest BCUT2D eigenvalue weighted by Crippen LogP contribution is 2.40. The molecule has 6 heteroatoms. The highest BCUT2D eigenvalue weighted by atomic mass is 32.2. The Bertz CT molecular complexity index is 732. The van der Waals surface area contributed by atoms with Crippen molar-refractivity contribution in [3.8, 4) is 0 Å². The number of amides is 1. The van der Waals surface area contributed by atoms with Gasteiger partial charge in [0.15, 0.2) is 0 Å². The average molecular weight is 320 g/mol. The summed E-state index contributed by atoms with van der Waals surface area (Å²) in [5, 5.41) is 0. The Balaban J connectivity index is 1.65. The fourth-order valence-corrected chi connectivity index (χ4v) is 5.75. The summed E-state index contributed by atoms with van der Waals surface area (Å²) < 4.78 is 27.4. The minimum Gasteiger partial charge on any atom is -0.315 e. The van der Waals surface area contributed by atoms with Gasteiger partial charge < -0.3 is 4.90 Å². The number of anilines is 1. The fourth-order valence-electron chi connectivity index (χ4n) is 4.14. The van der Waals surface area contributed by atoms with Gasteiger partial charge in [0.25, 0.3) is 0 Å². The lowest BCUT2D eigenvalue weighted by atomic mass is 10.0. The lowest BCUT2D eigenvalue weighted by Crippen LogP contribution is -2.29. The summed E-state index contributed by atoms with van der Waals surface area (Å²) in [5.41, 5.74) is 1.63. The van der Waals surface area contributed by atoms with Gasteiger partial charge in [0, 0.05) is 25.8 Å². The molecule has 3 aliphatic rings. The highest BCUT2D eigenvalue weighted by molar-refractivity contribution is 7.89. The molecular formula is C16H20N2O3S. The molecule has 2 aliphatic heterocycles. The summed E-state index contributed by atoms with van der Waals surface area (Å²) in [6.07, 6.45) is 3.83. The molecule has 2 atom stereocenters. The molecule has 2 unspecified atom stereocenters. The molecule has 1 saturated carbocycles. The van der Waals surface area contributed by atoms with E-state index in [9.17, 15) is 13.2 Å². The maximum atomic E-state index is 12.9. The van der Waals surface area contributed by atoms with Crippen molar-refractivity contribution in [2.75, 3.05) is 25.0 Å². The summed E-state index contributed by atoms with van der Waals surface area (Å²) in [7, 11) is -1.71. The first-order chi connectivity index (χ1) is 10.5. The molecule has 5 nitrogen and oxygen atoms in total. The van der Waals surface area contributed by atoms with Crippen molar-refractivity contribution in [1.82, 2.24) is 4.31 Å². The minimum absolute atomic E-state index is 0.0141. The maximum absolute atomic E-state index is 12.9. The Hall–Kier alpha value is -1.40. The summed E-state index contributed by atoms with van der Waals surface area (Å²) >= 11 is 0. The van der Waals surface area contributed by atoms with Crippen LogP contribution < -0.4 is 4.90 Å². The zero-order valence-corrected chi connectivity index (χ0v) is 13.5. The van der Waals surface area contributed by atoms with Gasteiger partial charge in [-0.25, -0.2) is 8.42 Å². The summed E-state index contributed by atoms with van der Waals surface area (Å²) in [6.45, 7) is 1.31. The van der Waals surface area contributed by atoms with E-state index in [0.717, 1.165) is 24.1 Å². The first-order valence-corrected chi connectivity index (χ1v) is 9.30. The Labute approximate surface area is 131 Å². The number of likely N-dealkylation sites (N-methyl/N-ethyl adjacent to an activating group) is 1. The van der Waals surface area contributed by atoms with Gasteiger partial charge in [-0.2, -0.15) is 4.31 Å². The molecule has 1 aromatic carbocycles. The molecule has 1 aromatic rings. The van der Waals surface area contributed by atoms with Gasteiger partial charge in [0.1, 0.15) is 0 Å². The van der Waals surface area contributed by atoms with E-state index in [1.807, 2.05) is 0 Å². The Morgan fingerprint density at radius 1 is 1.14 bits per heavy atom. The van der Waals surface area contributed by atoms with E-state index >= 15 is 0 Å². The van der Waals surface area contributed by atoms with E-state index in [4.69, 9.17) is 0 Å². The van der Waals surface area contributed by atoms with Gasteiger partial charge in [-0.15, -0.1) is 0 Å². The zero-order valence-electron chi connectivity index (χ0n) is 12.7. The van der Waals surface area contributed by atoms with Gasteiger partial charge in [-0.1, -0.05) is 6.42 Å². The minimum atomic E-state index is -3.43. The molecule has 2 heterocycles.